The molecule has 0 radical (unpaired) electrons. The summed E-state index contributed by atoms with van der Waals surface area (Å²) in [6, 6.07) is 17.8. The van der Waals surface area contributed by atoms with Gasteiger partial charge in [0.05, 0.1) is 5.51 Å². The molecule has 22 heavy (non-hydrogen) atoms. The van der Waals surface area contributed by atoms with E-state index >= 15 is 0 Å². The molecule has 0 unspecified atom stereocenters. The molecule has 110 valence electrons. The summed E-state index contributed by atoms with van der Waals surface area (Å²) < 4.78 is 0. The number of thiazole rings is 1. The largest absolute Gasteiger partial charge is 0.352 e. The molecule has 0 saturated heterocycles. The van der Waals surface area contributed by atoms with E-state index < -0.39 is 0 Å². The number of aromatic nitrogens is 1. The molecule has 1 amide bonds. The number of amides is 1. The van der Waals surface area contributed by atoms with Gasteiger partial charge in [-0.3, -0.25) is 9.78 Å². The number of carbonyl (C=O) groups is 1. The first-order valence-corrected chi connectivity index (χ1v) is 8.02. The fraction of sp³-hybridized carbons (Fsp3) is 0.111. The average molecular weight is 308 g/mol. The predicted octanol–water partition coefficient (Wildman–Crippen LogP) is 3.78. The van der Waals surface area contributed by atoms with Crippen molar-refractivity contribution in [2.24, 2.45) is 0 Å². The molecule has 0 aliphatic carbocycles. The van der Waals surface area contributed by atoms with Crippen LogP contribution in [0, 0.1) is 0 Å². The maximum absolute atomic E-state index is 12.1. The molecule has 0 atom stereocenters. The third kappa shape index (κ3) is 3.59. The van der Waals surface area contributed by atoms with Gasteiger partial charge in [0, 0.05) is 29.6 Å². The minimum absolute atomic E-state index is 0.0378. The fourth-order valence-electron chi connectivity index (χ4n) is 2.21. The molecule has 0 saturated carbocycles. The van der Waals surface area contributed by atoms with Crippen molar-refractivity contribution in [3.05, 3.63) is 76.7 Å². The molecule has 0 fully saturated rings. The van der Waals surface area contributed by atoms with Gasteiger partial charge in [-0.25, -0.2) is 0 Å². The van der Waals surface area contributed by atoms with Crippen molar-refractivity contribution in [3.63, 3.8) is 0 Å². The molecule has 0 spiro atoms. The summed E-state index contributed by atoms with van der Waals surface area (Å²) in [6.45, 7) is 0.626. The molecule has 2 aromatic carbocycles. The van der Waals surface area contributed by atoms with Crippen LogP contribution in [-0.4, -0.2) is 17.4 Å². The molecule has 1 N–H and O–H groups in total. The number of nitrogens with one attached hydrogen (secondary N) is 1. The van der Waals surface area contributed by atoms with Gasteiger partial charge < -0.3 is 5.32 Å². The molecule has 3 nitrogen and oxygen atoms in total. The second kappa shape index (κ2) is 7.00. The Kier molecular flexibility index (Phi) is 4.61. The number of benzene rings is 2. The van der Waals surface area contributed by atoms with Crippen molar-refractivity contribution in [3.8, 4) is 11.1 Å². The topological polar surface area (TPSA) is 42.0 Å². The average Bonchev–Trinajstić information content (AvgIpc) is 3.09. The number of hydrogen-bond acceptors (Lipinski definition) is 3. The highest BCUT2D eigenvalue weighted by molar-refractivity contribution is 7.09. The van der Waals surface area contributed by atoms with E-state index in [2.05, 4.69) is 22.4 Å². The second-order valence-corrected chi connectivity index (χ2v) is 5.89. The predicted molar refractivity (Wildman–Crippen MR) is 90.0 cm³/mol. The first-order chi connectivity index (χ1) is 10.8. The van der Waals surface area contributed by atoms with Crippen LogP contribution in [0.25, 0.3) is 11.1 Å². The highest BCUT2D eigenvalue weighted by Crippen LogP contribution is 2.19. The van der Waals surface area contributed by atoms with Gasteiger partial charge in [0.15, 0.2) is 0 Å². The summed E-state index contributed by atoms with van der Waals surface area (Å²) in [5.74, 6) is -0.0378. The summed E-state index contributed by atoms with van der Waals surface area (Å²) in [4.78, 5) is 17.3. The number of carbonyl (C=O) groups excluding carboxylic acids is 1. The highest BCUT2D eigenvalue weighted by Gasteiger charge is 2.05. The van der Waals surface area contributed by atoms with Gasteiger partial charge in [-0.1, -0.05) is 42.5 Å². The second-order valence-electron chi connectivity index (χ2n) is 4.92. The van der Waals surface area contributed by atoms with Crippen LogP contribution in [0.2, 0.25) is 0 Å². The molecule has 1 heterocycles. The Morgan fingerprint density at radius 1 is 1.00 bits per heavy atom. The summed E-state index contributed by atoms with van der Waals surface area (Å²) >= 11 is 1.61. The normalized spacial score (nSPS) is 10.4. The molecule has 0 bridgehead atoms. The fourth-order valence-corrected chi connectivity index (χ4v) is 2.81. The van der Waals surface area contributed by atoms with Gasteiger partial charge in [-0.2, -0.15) is 0 Å². The number of rotatable bonds is 5. The van der Waals surface area contributed by atoms with Crippen LogP contribution in [0.3, 0.4) is 0 Å². The minimum Gasteiger partial charge on any atom is -0.352 e. The molecular weight excluding hydrogens is 292 g/mol. The van der Waals surface area contributed by atoms with E-state index in [4.69, 9.17) is 0 Å². The summed E-state index contributed by atoms with van der Waals surface area (Å²) in [6.07, 6.45) is 2.66. The molecular formula is C18H16N2OS. The molecule has 0 aliphatic rings. The van der Waals surface area contributed by atoms with Crippen molar-refractivity contribution >= 4 is 17.2 Å². The monoisotopic (exact) mass is 308 g/mol. The SMILES string of the molecule is O=C(NCCc1cncs1)c1ccc(-c2ccccc2)cc1. The Hall–Kier alpha value is -2.46. The Morgan fingerprint density at radius 3 is 2.41 bits per heavy atom. The molecule has 0 aliphatic heterocycles. The lowest BCUT2D eigenvalue weighted by atomic mass is 10.0. The van der Waals surface area contributed by atoms with Crippen LogP contribution in [0.5, 0.6) is 0 Å². The Bertz CT molecular complexity index is 722. The lowest BCUT2D eigenvalue weighted by Gasteiger charge is -2.06. The zero-order valence-electron chi connectivity index (χ0n) is 12.0. The number of hydrogen-bond donors (Lipinski definition) is 1. The third-order valence-electron chi connectivity index (χ3n) is 3.39. The van der Waals surface area contributed by atoms with E-state index in [1.165, 1.54) is 4.88 Å². The zero-order chi connectivity index (χ0) is 15.2. The Balaban J connectivity index is 1.59. The smallest absolute Gasteiger partial charge is 0.251 e. The van der Waals surface area contributed by atoms with Crippen molar-refractivity contribution < 1.29 is 4.79 Å². The van der Waals surface area contributed by atoms with E-state index in [9.17, 15) is 4.79 Å². The summed E-state index contributed by atoms with van der Waals surface area (Å²) in [7, 11) is 0. The third-order valence-corrected chi connectivity index (χ3v) is 4.23. The lowest BCUT2D eigenvalue weighted by molar-refractivity contribution is 0.0954. The molecule has 1 aromatic heterocycles. The molecule has 3 aromatic rings. The van der Waals surface area contributed by atoms with Gasteiger partial charge in [0.1, 0.15) is 0 Å². The van der Waals surface area contributed by atoms with Crippen LogP contribution in [0.1, 0.15) is 15.2 Å². The van der Waals surface area contributed by atoms with E-state index in [0.717, 1.165) is 17.5 Å². The van der Waals surface area contributed by atoms with Crippen molar-refractivity contribution in [1.82, 2.24) is 10.3 Å². The van der Waals surface area contributed by atoms with Gasteiger partial charge >= 0.3 is 0 Å². The maximum Gasteiger partial charge on any atom is 0.251 e. The van der Waals surface area contributed by atoms with Crippen LogP contribution in [-0.2, 0) is 6.42 Å². The summed E-state index contributed by atoms with van der Waals surface area (Å²) in [5, 5.41) is 2.94. The maximum atomic E-state index is 12.1. The van der Waals surface area contributed by atoms with Crippen LogP contribution < -0.4 is 5.32 Å². The standard InChI is InChI=1S/C18H16N2OS/c21-18(20-11-10-17-12-19-13-22-17)16-8-6-15(7-9-16)14-4-2-1-3-5-14/h1-9,12-13H,10-11H2,(H,20,21). The first-order valence-electron chi connectivity index (χ1n) is 7.14. The summed E-state index contributed by atoms with van der Waals surface area (Å²) in [5.41, 5.74) is 4.75. The van der Waals surface area contributed by atoms with Gasteiger partial charge in [0.25, 0.3) is 5.91 Å². The van der Waals surface area contributed by atoms with E-state index in [0.29, 0.717) is 12.1 Å². The lowest BCUT2D eigenvalue weighted by Crippen LogP contribution is -2.25. The quantitative estimate of drug-likeness (QED) is 0.779. The minimum atomic E-state index is -0.0378. The van der Waals surface area contributed by atoms with Crippen molar-refractivity contribution in [1.29, 1.82) is 0 Å². The first kappa shape index (κ1) is 14.5. The molecule has 3 rings (SSSR count). The van der Waals surface area contributed by atoms with Gasteiger partial charge in [0.2, 0.25) is 0 Å². The highest BCUT2D eigenvalue weighted by atomic mass is 32.1. The Labute approximate surface area is 133 Å². The number of nitrogens with zero attached hydrogens (tertiary/aromatic N) is 1. The van der Waals surface area contributed by atoms with E-state index in [-0.39, 0.29) is 5.91 Å². The van der Waals surface area contributed by atoms with Gasteiger partial charge in [-0.15, -0.1) is 11.3 Å². The van der Waals surface area contributed by atoms with Crippen LogP contribution in [0.4, 0.5) is 0 Å². The Morgan fingerprint density at radius 2 is 1.73 bits per heavy atom. The van der Waals surface area contributed by atoms with E-state index in [1.807, 2.05) is 48.7 Å². The van der Waals surface area contributed by atoms with Crippen LogP contribution >= 0.6 is 11.3 Å². The molecule has 4 heteroatoms. The van der Waals surface area contributed by atoms with E-state index in [1.54, 1.807) is 16.8 Å². The van der Waals surface area contributed by atoms with Gasteiger partial charge in [-0.05, 0) is 23.3 Å². The zero-order valence-corrected chi connectivity index (χ0v) is 12.8. The van der Waals surface area contributed by atoms with Crippen LogP contribution in [0.15, 0.2) is 66.3 Å². The van der Waals surface area contributed by atoms with Crippen molar-refractivity contribution in [2.45, 2.75) is 6.42 Å². The van der Waals surface area contributed by atoms with Crippen molar-refractivity contribution in [2.75, 3.05) is 6.54 Å².